The average molecular weight is 177 g/mol. The molecule has 0 aromatic rings. The van der Waals surface area contributed by atoms with E-state index in [0.717, 1.165) is 13.0 Å². The molecule has 0 radical (unpaired) electrons. The van der Waals surface area contributed by atoms with Crippen LogP contribution < -0.4 is 5.73 Å². The number of hydrogen-bond donors (Lipinski definition) is 1. The maximum atomic E-state index is 5.51. The number of rotatable bonds is 2. The maximum absolute atomic E-state index is 5.51. The lowest BCUT2D eigenvalue weighted by atomic mass is 9.92. The van der Waals surface area contributed by atoms with Crippen molar-refractivity contribution in [3.63, 3.8) is 0 Å². The molecule has 0 amide bonds. The molecule has 2 unspecified atom stereocenters. The third kappa shape index (κ3) is 1.52. The molecule has 3 heteroatoms. The summed E-state index contributed by atoms with van der Waals surface area (Å²) in [5.74, 6) is 0.455. The Kier molecular flexibility index (Phi) is 2.19. The monoisotopic (exact) mass is 177 g/mol. The van der Waals surface area contributed by atoms with Gasteiger partial charge < -0.3 is 5.73 Å². The van der Waals surface area contributed by atoms with Gasteiger partial charge in [0.05, 0.1) is 6.04 Å². The highest BCUT2D eigenvalue weighted by atomic mass is 15.5. The van der Waals surface area contributed by atoms with Crippen LogP contribution in [0.4, 0.5) is 0 Å². The second-order valence-electron chi connectivity index (χ2n) is 3.55. The first kappa shape index (κ1) is 8.51. The van der Waals surface area contributed by atoms with Crippen molar-refractivity contribution in [3.05, 3.63) is 23.8 Å². The third-order valence-electron chi connectivity index (χ3n) is 2.59. The maximum Gasteiger partial charge on any atom is 0.0763 e. The SMILES string of the molecule is CN1N=CC2C=C(CCN)C=CC21. The third-order valence-corrected chi connectivity index (χ3v) is 2.59. The Hall–Kier alpha value is -1.09. The van der Waals surface area contributed by atoms with E-state index in [1.807, 2.05) is 18.3 Å². The van der Waals surface area contributed by atoms with E-state index in [0.29, 0.717) is 12.0 Å². The van der Waals surface area contributed by atoms with Gasteiger partial charge in [-0.25, -0.2) is 0 Å². The quantitative estimate of drug-likeness (QED) is 0.676. The minimum absolute atomic E-state index is 0.432. The average Bonchev–Trinajstić information content (AvgIpc) is 2.48. The zero-order chi connectivity index (χ0) is 9.26. The van der Waals surface area contributed by atoms with E-state index < -0.39 is 0 Å². The molecule has 0 saturated carbocycles. The van der Waals surface area contributed by atoms with Crippen LogP contribution in [0.25, 0.3) is 0 Å². The Balaban J connectivity index is 2.11. The van der Waals surface area contributed by atoms with Gasteiger partial charge in [0.1, 0.15) is 0 Å². The summed E-state index contributed by atoms with van der Waals surface area (Å²) in [6, 6.07) is 0.432. The number of allylic oxidation sites excluding steroid dienone is 1. The molecule has 0 bridgehead atoms. The summed E-state index contributed by atoms with van der Waals surface area (Å²) in [5, 5.41) is 6.25. The molecule has 0 fully saturated rings. The molecule has 2 aliphatic rings. The number of nitrogens with zero attached hydrogens (tertiary/aromatic N) is 2. The Labute approximate surface area is 78.6 Å². The molecule has 1 aliphatic heterocycles. The largest absolute Gasteiger partial charge is 0.330 e. The summed E-state index contributed by atoms with van der Waals surface area (Å²) in [6.07, 6.45) is 9.62. The molecule has 1 aliphatic carbocycles. The van der Waals surface area contributed by atoms with Crippen LogP contribution in [0, 0.1) is 5.92 Å². The number of hydrazone groups is 1. The molecule has 0 aromatic carbocycles. The number of hydrogen-bond acceptors (Lipinski definition) is 3. The molecule has 0 saturated heterocycles. The fourth-order valence-corrected chi connectivity index (χ4v) is 1.85. The summed E-state index contributed by atoms with van der Waals surface area (Å²) >= 11 is 0. The number of fused-ring (bicyclic) bond motifs is 1. The normalized spacial score (nSPS) is 30.6. The molecule has 0 spiro atoms. The van der Waals surface area contributed by atoms with Crippen molar-refractivity contribution in [2.45, 2.75) is 12.5 Å². The Morgan fingerprint density at radius 3 is 3.23 bits per heavy atom. The number of likely N-dealkylation sites (N-methyl/N-ethyl adjacent to an activating group) is 1. The fraction of sp³-hybridized carbons (Fsp3) is 0.500. The van der Waals surface area contributed by atoms with Crippen LogP contribution in [0.5, 0.6) is 0 Å². The first-order chi connectivity index (χ1) is 6.31. The minimum Gasteiger partial charge on any atom is -0.330 e. The van der Waals surface area contributed by atoms with Crippen molar-refractivity contribution in [3.8, 4) is 0 Å². The van der Waals surface area contributed by atoms with E-state index in [2.05, 4.69) is 23.3 Å². The van der Waals surface area contributed by atoms with Gasteiger partial charge in [-0.1, -0.05) is 23.8 Å². The first-order valence-electron chi connectivity index (χ1n) is 4.67. The molecule has 2 rings (SSSR count). The van der Waals surface area contributed by atoms with Gasteiger partial charge >= 0.3 is 0 Å². The van der Waals surface area contributed by atoms with Gasteiger partial charge in [0, 0.05) is 19.2 Å². The van der Waals surface area contributed by atoms with E-state index >= 15 is 0 Å². The second kappa shape index (κ2) is 3.34. The molecule has 2 atom stereocenters. The zero-order valence-corrected chi connectivity index (χ0v) is 7.85. The highest BCUT2D eigenvalue weighted by Gasteiger charge is 2.26. The van der Waals surface area contributed by atoms with Crippen molar-refractivity contribution < 1.29 is 0 Å². The summed E-state index contributed by atoms with van der Waals surface area (Å²) in [7, 11) is 2.01. The van der Waals surface area contributed by atoms with E-state index in [-0.39, 0.29) is 0 Å². The molecule has 3 nitrogen and oxygen atoms in total. The van der Waals surface area contributed by atoms with Crippen LogP contribution in [-0.2, 0) is 0 Å². The van der Waals surface area contributed by atoms with Crippen LogP contribution in [0.3, 0.4) is 0 Å². The molecule has 1 heterocycles. The van der Waals surface area contributed by atoms with Crippen LogP contribution >= 0.6 is 0 Å². The molecule has 0 aromatic heterocycles. The Morgan fingerprint density at radius 1 is 1.62 bits per heavy atom. The van der Waals surface area contributed by atoms with Gasteiger partial charge in [-0.15, -0.1) is 0 Å². The van der Waals surface area contributed by atoms with Crippen molar-refractivity contribution in [2.75, 3.05) is 13.6 Å². The molecule has 2 N–H and O–H groups in total. The van der Waals surface area contributed by atoms with Crippen LogP contribution in [0.1, 0.15) is 6.42 Å². The smallest absolute Gasteiger partial charge is 0.0763 e. The van der Waals surface area contributed by atoms with Crippen molar-refractivity contribution in [2.24, 2.45) is 16.8 Å². The van der Waals surface area contributed by atoms with Crippen LogP contribution in [-0.4, -0.2) is 30.9 Å². The predicted octanol–water partition coefficient (Wildman–Crippen LogP) is 0.747. The lowest BCUT2D eigenvalue weighted by Gasteiger charge is -2.22. The van der Waals surface area contributed by atoms with Gasteiger partial charge in [0.2, 0.25) is 0 Å². The van der Waals surface area contributed by atoms with E-state index in [9.17, 15) is 0 Å². The van der Waals surface area contributed by atoms with Gasteiger partial charge in [0.25, 0.3) is 0 Å². The molecular formula is C10H15N3. The van der Waals surface area contributed by atoms with Gasteiger partial charge in [-0.3, -0.25) is 5.01 Å². The van der Waals surface area contributed by atoms with E-state index in [1.54, 1.807) is 0 Å². The van der Waals surface area contributed by atoms with E-state index in [1.165, 1.54) is 5.57 Å². The minimum atomic E-state index is 0.432. The predicted molar refractivity (Wildman–Crippen MR) is 54.4 cm³/mol. The van der Waals surface area contributed by atoms with Crippen molar-refractivity contribution >= 4 is 6.21 Å². The van der Waals surface area contributed by atoms with E-state index in [4.69, 9.17) is 5.73 Å². The number of nitrogens with two attached hydrogens (primary N) is 1. The highest BCUT2D eigenvalue weighted by molar-refractivity contribution is 5.68. The van der Waals surface area contributed by atoms with Gasteiger partial charge in [-0.2, -0.15) is 5.10 Å². The van der Waals surface area contributed by atoms with Gasteiger partial charge in [0.15, 0.2) is 0 Å². The first-order valence-corrected chi connectivity index (χ1v) is 4.67. The zero-order valence-electron chi connectivity index (χ0n) is 7.85. The topological polar surface area (TPSA) is 41.6 Å². The summed E-state index contributed by atoms with van der Waals surface area (Å²) in [5.41, 5.74) is 6.84. The summed E-state index contributed by atoms with van der Waals surface area (Å²) in [6.45, 7) is 0.723. The van der Waals surface area contributed by atoms with Crippen molar-refractivity contribution in [1.82, 2.24) is 5.01 Å². The summed E-state index contributed by atoms with van der Waals surface area (Å²) < 4.78 is 0. The standard InChI is InChI=1S/C10H15N3/c1-13-10-3-2-8(4-5-11)6-9(10)7-12-13/h2-3,6-7,9-10H,4-5,11H2,1H3. The molecule has 13 heavy (non-hydrogen) atoms. The fourth-order valence-electron chi connectivity index (χ4n) is 1.85. The highest BCUT2D eigenvalue weighted by Crippen LogP contribution is 2.25. The van der Waals surface area contributed by atoms with Crippen LogP contribution in [0.15, 0.2) is 28.9 Å². The Bertz CT molecular complexity index is 278. The second-order valence-corrected chi connectivity index (χ2v) is 3.55. The Morgan fingerprint density at radius 2 is 2.46 bits per heavy atom. The van der Waals surface area contributed by atoms with Crippen molar-refractivity contribution in [1.29, 1.82) is 0 Å². The summed E-state index contributed by atoms with van der Waals surface area (Å²) in [4.78, 5) is 0. The lowest BCUT2D eigenvalue weighted by molar-refractivity contribution is 0.306. The molecule has 70 valence electrons. The van der Waals surface area contributed by atoms with Gasteiger partial charge in [-0.05, 0) is 13.0 Å². The lowest BCUT2D eigenvalue weighted by Crippen LogP contribution is -2.28. The molecular weight excluding hydrogens is 162 g/mol. The van der Waals surface area contributed by atoms with Crippen LogP contribution in [0.2, 0.25) is 0 Å².